The average Bonchev–Trinajstić information content (AvgIpc) is 2.27. The van der Waals surface area contributed by atoms with Gasteiger partial charge in [-0.15, -0.1) is 13.2 Å². The minimum absolute atomic E-state index is 0.0787. The molecule has 0 bridgehead atoms. The van der Waals surface area contributed by atoms with E-state index in [4.69, 9.17) is 0 Å². The van der Waals surface area contributed by atoms with Crippen molar-refractivity contribution >= 4 is 0 Å². The zero-order valence-corrected chi connectivity index (χ0v) is 7.77. The van der Waals surface area contributed by atoms with Gasteiger partial charge in [-0.3, -0.25) is 0 Å². The Morgan fingerprint density at radius 3 is 2.71 bits per heavy atom. The molecule has 1 aliphatic carbocycles. The Hall–Kier alpha value is -1.19. The molecule has 0 N–H and O–H groups in total. The first-order chi connectivity index (χ1) is 6.53. The molecule has 14 heavy (non-hydrogen) atoms. The maximum absolute atomic E-state index is 12.0. The maximum Gasteiger partial charge on any atom is 0.573 e. The summed E-state index contributed by atoms with van der Waals surface area (Å²) in [4.78, 5) is 0. The van der Waals surface area contributed by atoms with Crippen LogP contribution in [0.4, 0.5) is 13.2 Å². The van der Waals surface area contributed by atoms with Gasteiger partial charge in [0.2, 0.25) is 0 Å². The van der Waals surface area contributed by atoms with E-state index in [0.717, 1.165) is 0 Å². The first kappa shape index (κ1) is 10.9. The number of hydrogen-bond donors (Lipinski definition) is 0. The van der Waals surface area contributed by atoms with E-state index in [9.17, 15) is 13.2 Å². The number of halogens is 3. The lowest BCUT2D eigenvalue weighted by Gasteiger charge is -2.13. The van der Waals surface area contributed by atoms with E-state index < -0.39 is 6.36 Å². The molecule has 0 spiro atoms. The molecule has 0 saturated heterocycles. The van der Waals surface area contributed by atoms with E-state index in [1.807, 2.05) is 0 Å². The van der Waals surface area contributed by atoms with Gasteiger partial charge in [0.1, 0.15) is 5.76 Å². The van der Waals surface area contributed by atoms with Crippen LogP contribution in [0.3, 0.4) is 0 Å². The van der Waals surface area contributed by atoms with Crippen LogP contribution >= 0.6 is 0 Å². The van der Waals surface area contributed by atoms with E-state index in [1.165, 1.54) is 6.08 Å². The predicted octanol–water partition coefficient (Wildman–Crippen LogP) is 3.70. The predicted molar refractivity (Wildman–Crippen MR) is 47.4 cm³/mol. The van der Waals surface area contributed by atoms with Crippen molar-refractivity contribution in [3.63, 3.8) is 0 Å². The molecule has 0 unspecified atom stereocenters. The maximum atomic E-state index is 12.0. The molecule has 1 rings (SSSR count). The van der Waals surface area contributed by atoms with Crippen molar-refractivity contribution in [1.82, 2.24) is 0 Å². The van der Waals surface area contributed by atoms with Gasteiger partial charge in [0.05, 0.1) is 0 Å². The van der Waals surface area contributed by atoms with Gasteiger partial charge in [-0.1, -0.05) is 25.2 Å². The van der Waals surface area contributed by atoms with E-state index >= 15 is 0 Å². The topological polar surface area (TPSA) is 9.23 Å². The molecular weight excluding hydrogens is 193 g/mol. The van der Waals surface area contributed by atoms with Crippen LogP contribution in [0, 0.1) is 0 Å². The molecule has 0 aromatic carbocycles. The fourth-order valence-electron chi connectivity index (χ4n) is 1.18. The summed E-state index contributed by atoms with van der Waals surface area (Å²) < 4.78 is 39.8. The minimum Gasteiger partial charge on any atom is -0.406 e. The van der Waals surface area contributed by atoms with Crippen LogP contribution in [0.5, 0.6) is 0 Å². The van der Waals surface area contributed by atoms with Crippen molar-refractivity contribution in [1.29, 1.82) is 0 Å². The van der Waals surface area contributed by atoms with Crippen LogP contribution < -0.4 is 0 Å². The van der Waals surface area contributed by atoms with Gasteiger partial charge in [-0.2, -0.15) is 0 Å². The summed E-state index contributed by atoms with van der Waals surface area (Å²) in [6, 6.07) is 0. The summed E-state index contributed by atoms with van der Waals surface area (Å²) in [5.41, 5.74) is 0.566. The smallest absolute Gasteiger partial charge is 0.406 e. The molecule has 0 radical (unpaired) electrons. The highest BCUT2D eigenvalue weighted by Gasteiger charge is 2.32. The van der Waals surface area contributed by atoms with Gasteiger partial charge < -0.3 is 4.74 Å². The Kier molecular flexibility index (Phi) is 3.38. The molecule has 0 saturated carbocycles. The Bertz CT molecular complexity index is 284. The van der Waals surface area contributed by atoms with E-state index in [2.05, 4.69) is 4.74 Å². The van der Waals surface area contributed by atoms with Crippen LogP contribution in [0.25, 0.3) is 0 Å². The standard InChI is InChI=1S/C10H11F3O/c1-2-8-6-4-3-5-7-9(8)14-10(11,12)13/h3-4,6-7H,2,5H2,1H3. The molecule has 1 nitrogen and oxygen atoms in total. The first-order valence-electron chi connectivity index (χ1n) is 4.35. The summed E-state index contributed by atoms with van der Waals surface area (Å²) in [5, 5.41) is 0. The van der Waals surface area contributed by atoms with Crippen molar-refractivity contribution in [2.45, 2.75) is 26.1 Å². The second kappa shape index (κ2) is 4.35. The molecule has 0 fully saturated rings. The number of rotatable bonds is 2. The quantitative estimate of drug-likeness (QED) is 0.666. The Morgan fingerprint density at radius 1 is 1.43 bits per heavy atom. The largest absolute Gasteiger partial charge is 0.573 e. The van der Waals surface area contributed by atoms with Gasteiger partial charge >= 0.3 is 6.36 Å². The molecule has 4 heteroatoms. The third-order valence-electron chi connectivity index (χ3n) is 1.80. The molecule has 0 aromatic rings. The third kappa shape index (κ3) is 3.28. The molecule has 0 aromatic heterocycles. The van der Waals surface area contributed by atoms with Crippen LogP contribution in [0.2, 0.25) is 0 Å². The fraction of sp³-hybridized carbons (Fsp3) is 0.400. The highest BCUT2D eigenvalue weighted by Crippen LogP contribution is 2.27. The number of alkyl halides is 3. The monoisotopic (exact) mass is 204 g/mol. The molecule has 0 amide bonds. The van der Waals surface area contributed by atoms with Gasteiger partial charge in [0.25, 0.3) is 0 Å². The van der Waals surface area contributed by atoms with Crippen LogP contribution in [-0.2, 0) is 4.74 Å². The molecule has 78 valence electrons. The summed E-state index contributed by atoms with van der Waals surface area (Å²) >= 11 is 0. The zero-order chi connectivity index (χ0) is 10.6. The van der Waals surface area contributed by atoms with E-state index in [-0.39, 0.29) is 5.76 Å². The van der Waals surface area contributed by atoms with Crippen molar-refractivity contribution in [3.05, 3.63) is 35.6 Å². The SMILES string of the molecule is CCC1=CC=CCC=C1OC(F)(F)F. The van der Waals surface area contributed by atoms with Crippen LogP contribution in [-0.4, -0.2) is 6.36 Å². The lowest BCUT2D eigenvalue weighted by atomic mass is 10.1. The highest BCUT2D eigenvalue weighted by atomic mass is 19.4. The second-order valence-corrected chi connectivity index (χ2v) is 2.83. The first-order valence-corrected chi connectivity index (χ1v) is 4.35. The molecule has 0 heterocycles. The molecule has 1 aliphatic rings. The van der Waals surface area contributed by atoms with Crippen LogP contribution in [0.15, 0.2) is 35.6 Å². The van der Waals surface area contributed by atoms with E-state index in [1.54, 1.807) is 25.2 Å². The van der Waals surface area contributed by atoms with Gasteiger partial charge in [0, 0.05) is 0 Å². The Labute approximate surface area is 80.6 Å². The van der Waals surface area contributed by atoms with Gasteiger partial charge in [-0.25, -0.2) is 0 Å². The van der Waals surface area contributed by atoms with Crippen molar-refractivity contribution in [2.75, 3.05) is 0 Å². The molecule has 0 atom stereocenters. The summed E-state index contributed by atoms with van der Waals surface area (Å²) in [7, 11) is 0. The van der Waals surface area contributed by atoms with E-state index in [0.29, 0.717) is 18.4 Å². The lowest BCUT2D eigenvalue weighted by Crippen LogP contribution is -2.13. The summed E-state index contributed by atoms with van der Waals surface area (Å²) in [5.74, 6) is -0.0787. The Balaban J connectivity index is 2.80. The third-order valence-corrected chi connectivity index (χ3v) is 1.80. The summed E-state index contributed by atoms with van der Waals surface area (Å²) in [6.45, 7) is 1.79. The molecular formula is C10H11F3O. The number of ether oxygens (including phenoxy) is 1. The number of hydrogen-bond acceptors (Lipinski definition) is 1. The van der Waals surface area contributed by atoms with Crippen molar-refractivity contribution in [2.24, 2.45) is 0 Å². The fourth-order valence-corrected chi connectivity index (χ4v) is 1.18. The zero-order valence-electron chi connectivity index (χ0n) is 7.77. The Morgan fingerprint density at radius 2 is 2.14 bits per heavy atom. The van der Waals surface area contributed by atoms with Crippen LogP contribution in [0.1, 0.15) is 19.8 Å². The van der Waals surface area contributed by atoms with Gasteiger partial charge in [-0.05, 0) is 24.5 Å². The van der Waals surface area contributed by atoms with Gasteiger partial charge in [0.15, 0.2) is 0 Å². The van der Waals surface area contributed by atoms with Crippen molar-refractivity contribution in [3.8, 4) is 0 Å². The highest BCUT2D eigenvalue weighted by molar-refractivity contribution is 5.32. The van der Waals surface area contributed by atoms with Crippen molar-refractivity contribution < 1.29 is 17.9 Å². The average molecular weight is 204 g/mol. The molecule has 0 aliphatic heterocycles. The normalized spacial score (nSPS) is 17.1. The minimum atomic E-state index is -4.61. The summed E-state index contributed by atoms with van der Waals surface area (Å²) in [6.07, 6.45) is 2.98. The second-order valence-electron chi connectivity index (χ2n) is 2.83. The number of allylic oxidation sites excluding steroid dienone is 5. The lowest BCUT2D eigenvalue weighted by molar-refractivity contribution is -0.304.